The minimum absolute atomic E-state index is 0.150. The highest BCUT2D eigenvalue weighted by molar-refractivity contribution is 5.91. The molecule has 0 unspecified atom stereocenters. The Balaban J connectivity index is 1.67. The molecule has 0 aliphatic carbocycles. The van der Waals surface area contributed by atoms with Gasteiger partial charge in [-0.05, 0) is 58.5 Å². The zero-order valence-corrected chi connectivity index (χ0v) is 17.7. The summed E-state index contributed by atoms with van der Waals surface area (Å²) in [7, 11) is 6.19. The van der Waals surface area contributed by atoms with Crippen LogP contribution in [0.3, 0.4) is 0 Å². The normalized spacial score (nSPS) is 10.7. The largest absolute Gasteiger partial charge is 0.497 e. The highest BCUT2D eigenvalue weighted by atomic mass is 16.5. The van der Waals surface area contributed by atoms with Gasteiger partial charge in [0.05, 0.1) is 40.7 Å². The SMILES string of the molecule is COc1ccc(-n2nnnc2CNC(=O)/C=C/c2cc(OC)c(OC)c(OC)c2)cc1. The fraction of sp³-hybridized carbons (Fsp3) is 0.238. The summed E-state index contributed by atoms with van der Waals surface area (Å²) >= 11 is 0. The Morgan fingerprint density at radius 1 is 1.00 bits per heavy atom. The van der Waals surface area contributed by atoms with E-state index in [1.54, 1.807) is 42.1 Å². The molecule has 0 saturated carbocycles. The van der Waals surface area contributed by atoms with E-state index in [0.29, 0.717) is 28.6 Å². The molecular weight excluding hydrogens is 402 g/mol. The molecule has 3 rings (SSSR count). The first kappa shape index (κ1) is 21.6. The van der Waals surface area contributed by atoms with Crippen molar-refractivity contribution in [3.05, 3.63) is 53.9 Å². The molecule has 1 aromatic heterocycles. The Bertz CT molecular complexity index is 1040. The molecule has 0 saturated heterocycles. The monoisotopic (exact) mass is 425 g/mol. The first-order valence-corrected chi connectivity index (χ1v) is 9.27. The molecule has 0 fully saturated rings. The van der Waals surface area contributed by atoms with Crippen LogP contribution in [0.25, 0.3) is 11.8 Å². The predicted octanol–water partition coefficient (Wildman–Crippen LogP) is 2.03. The molecule has 1 amide bonds. The van der Waals surface area contributed by atoms with Crippen molar-refractivity contribution in [1.29, 1.82) is 0 Å². The van der Waals surface area contributed by atoms with Gasteiger partial charge < -0.3 is 24.3 Å². The van der Waals surface area contributed by atoms with E-state index in [9.17, 15) is 4.79 Å². The Morgan fingerprint density at radius 2 is 1.68 bits per heavy atom. The summed E-state index contributed by atoms with van der Waals surface area (Å²) in [6, 6.07) is 10.7. The van der Waals surface area contributed by atoms with Crippen molar-refractivity contribution in [2.75, 3.05) is 28.4 Å². The van der Waals surface area contributed by atoms with Crippen LogP contribution in [-0.4, -0.2) is 54.6 Å². The topological polar surface area (TPSA) is 110 Å². The molecule has 10 heteroatoms. The van der Waals surface area contributed by atoms with Crippen molar-refractivity contribution < 1.29 is 23.7 Å². The van der Waals surface area contributed by atoms with Crippen LogP contribution in [0.2, 0.25) is 0 Å². The number of nitrogens with zero attached hydrogens (tertiary/aromatic N) is 4. The summed E-state index contributed by atoms with van der Waals surface area (Å²) in [4.78, 5) is 12.3. The van der Waals surface area contributed by atoms with Crippen molar-refractivity contribution in [3.63, 3.8) is 0 Å². The smallest absolute Gasteiger partial charge is 0.244 e. The maximum absolute atomic E-state index is 12.3. The number of tetrazole rings is 1. The number of amides is 1. The standard InChI is InChI=1S/C21H23N5O5/c1-28-16-8-6-15(7-9-16)26-19(23-24-25-26)13-22-20(27)10-5-14-11-17(29-2)21(31-4)18(12-14)30-3/h5-12H,13H2,1-4H3,(H,22,27)/b10-5+. The van der Waals surface area contributed by atoms with E-state index in [-0.39, 0.29) is 12.5 Å². The average molecular weight is 425 g/mol. The molecule has 0 atom stereocenters. The van der Waals surface area contributed by atoms with Gasteiger partial charge in [0.25, 0.3) is 0 Å². The molecule has 31 heavy (non-hydrogen) atoms. The second kappa shape index (κ2) is 10.1. The Kier molecular flexibility index (Phi) is 7.05. The molecule has 0 radical (unpaired) electrons. The Morgan fingerprint density at radius 3 is 2.26 bits per heavy atom. The van der Waals surface area contributed by atoms with Crippen LogP contribution in [0.4, 0.5) is 0 Å². The average Bonchev–Trinajstić information content (AvgIpc) is 3.29. The van der Waals surface area contributed by atoms with Gasteiger partial charge in [-0.2, -0.15) is 4.68 Å². The molecule has 0 aliphatic heterocycles. The highest BCUT2D eigenvalue weighted by Gasteiger charge is 2.13. The third-order valence-corrected chi connectivity index (χ3v) is 4.39. The number of aromatic nitrogens is 4. The Labute approximate surface area is 179 Å². The lowest BCUT2D eigenvalue weighted by Gasteiger charge is -2.12. The zero-order chi connectivity index (χ0) is 22.2. The van der Waals surface area contributed by atoms with Gasteiger partial charge in [-0.25, -0.2) is 0 Å². The molecule has 0 spiro atoms. The van der Waals surface area contributed by atoms with Gasteiger partial charge in [0.1, 0.15) is 5.75 Å². The van der Waals surface area contributed by atoms with Crippen LogP contribution >= 0.6 is 0 Å². The summed E-state index contributed by atoms with van der Waals surface area (Å²) in [6.45, 7) is 0.150. The molecule has 1 heterocycles. The van der Waals surface area contributed by atoms with Crippen LogP contribution < -0.4 is 24.3 Å². The summed E-state index contributed by atoms with van der Waals surface area (Å²) in [6.07, 6.45) is 3.05. The first-order valence-electron chi connectivity index (χ1n) is 9.27. The number of rotatable bonds is 9. The number of hydrogen-bond donors (Lipinski definition) is 1. The summed E-state index contributed by atoms with van der Waals surface area (Å²) in [5.41, 5.74) is 1.47. The molecule has 3 aromatic rings. The van der Waals surface area contributed by atoms with Gasteiger partial charge >= 0.3 is 0 Å². The quantitative estimate of drug-likeness (QED) is 0.519. The van der Waals surface area contributed by atoms with Crippen molar-refractivity contribution >= 4 is 12.0 Å². The van der Waals surface area contributed by atoms with Crippen LogP contribution in [0.15, 0.2) is 42.5 Å². The van der Waals surface area contributed by atoms with E-state index >= 15 is 0 Å². The molecule has 1 N–H and O–H groups in total. The molecule has 2 aromatic carbocycles. The van der Waals surface area contributed by atoms with Gasteiger partial charge in [-0.15, -0.1) is 5.10 Å². The maximum atomic E-state index is 12.3. The van der Waals surface area contributed by atoms with Gasteiger partial charge in [-0.1, -0.05) is 0 Å². The van der Waals surface area contributed by atoms with E-state index in [1.807, 2.05) is 12.1 Å². The third kappa shape index (κ3) is 5.10. The summed E-state index contributed by atoms with van der Waals surface area (Å²) < 4.78 is 22.6. The van der Waals surface area contributed by atoms with E-state index in [0.717, 1.165) is 11.4 Å². The highest BCUT2D eigenvalue weighted by Crippen LogP contribution is 2.38. The van der Waals surface area contributed by atoms with Gasteiger partial charge in [0.15, 0.2) is 17.3 Å². The summed E-state index contributed by atoms with van der Waals surface area (Å²) in [5, 5.41) is 14.4. The molecule has 0 aliphatic rings. The molecular formula is C21H23N5O5. The number of ether oxygens (including phenoxy) is 4. The second-order valence-corrected chi connectivity index (χ2v) is 6.21. The fourth-order valence-corrected chi connectivity index (χ4v) is 2.83. The van der Waals surface area contributed by atoms with Crippen LogP contribution in [0, 0.1) is 0 Å². The number of hydrogen-bond acceptors (Lipinski definition) is 8. The van der Waals surface area contributed by atoms with Gasteiger partial charge in [-0.3, -0.25) is 4.79 Å². The second-order valence-electron chi connectivity index (χ2n) is 6.21. The minimum atomic E-state index is -0.307. The number of methoxy groups -OCH3 is 4. The van der Waals surface area contributed by atoms with Crippen molar-refractivity contribution in [2.24, 2.45) is 0 Å². The fourth-order valence-electron chi connectivity index (χ4n) is 2.83. The maximum Gasteiger partial charge on any atom is 0.244 e. The minimum Gasteiger partial charge on any atom is -0.497 e. The lowest BCUT2D eigenvalue weighted by molar-refractivity contribution is -0.116. The van der Waals surface area contributed by atoms with Crippen LogP contribution in [-0.2, 0) is 11.3 Å². The van der Waals surface area contributed by atoms with Crippen molar-refractivity contribution in [3.8, 4) is 28.7 Å². The van der Waals surface area contributed by atoms with E-state index in [2.05, 4.69) is 20.8 Å². The summed E-state index contributed by atoms with van der Waals surface area (Å²) in [5.74, 6) is 2.39. The third-order valence-electron chi connectivity index (χ3n) is 4.39. The van der Waals surface area contributed by atoms with Gasteiger partial charge in [0.2, 0.25) is 11.7 Å². The molecule has 0 bridgehead atoms. The number of carbonyl (C=O) groups excluding carboxylic acids is 1. The van der Waals surface area contributed by atoms with Gasteiger partial charge in [0, 0.05) is 6.08 Å². The van der Waals surface area contributed by atoms with Crippen LogP contribution in [0.1, 0.15) is 11.4 Å². The van der Waals surface area contributed by atoms with E-state index in [4.69, 9.17) is 18.9 Å². The molecule has 10 nitrogen and oxygen atoms in total. The van der Waals surface area contributed by atoms with Crippen molar-refractivity contribution in [2.45, 2.75) is 6.54 Å². The number of nitrogens with one attached hydrogen (secondary N) is 1. The van der Waals surface area contributed by atoms with E-state index < -0.39 is 0 Å². The predicted molar refractivity (Wildman–Crippen MR) is 113 cm³/mol. The number of benzene rings is 2. The lowest BCUT2D eigenvalue weighted by atomic mass is 10.1. The Hall–Kier alpha value is -4.08. The van der Waals surface area contributed by atoms with E-state index in [1.165, 1.54) is 27.4 Å². The lowest BCUT2D eigenvalue weighted by Crippen LogP contribution is -2.22. The first-order chi connectivity index (χ1) is 15.1. The molecule has 162 valence electrons. The zero-order valence-electron chi connectivity index (χ0n) is 17.7. The van der Waals surface area contributed by atoms with Crippen LogP contribution in [0.5, 0.6) is 23.0 Å². The van der Waals surface area contributed by atoms with Crippen molar-refractivity contribution in [1.82, 2.24) is 25.5 Å². The number of carbonyl (C=O) groups is 1.